The van der Waals surface area contributed by atoms with Crippen molar-refractivity contribution in [1.82, 2.24) is 9.47 Å². The van der Waals surface area contributed by atoms with Crippen molar-refractivity contribution < 1.29 is 4.74 Å². The van der Waals surface area contributed by atoms with Crippen molar-refractivity contribution in [3.63, 3.8) is 0 Å². The summed E-state index contributed by atoms with van der Waals surface area (Å²) in [5, 5.41) is 1.45. The second kappa shape index (κ2) is 6.13. The number of fused-ring (bicyclic) bond motifs is 4. The Labute approximate surface area is 161 Å². The highest BCUT2D eigenvalue weighted by Crippen LogP contribution is 2.49. The van der Waals surface area contributed by atoms with Gasteiger partial charge >= 0.3 is 0 Å². The van der Waals surface area contributed by atoms with Crippen LogP contribution in [0.5, 0.6) is 5.75 Å². The summed E-state index contributed by atoms with van der Waals surface area (Å²) >= 11 is 0. The summed E-state index contributed by atoms with van der Waals surface area (Å²) in [6.45, 7) is 2.33. The molecule has 3 heteroatoms. The van der Waals surface area contributed by atoms with E-state index < -0.39 is 0 Å². The van der Waals surface area contributed by atoms with Gasteiger partial charge in [0.1, 0.15) is 5.75 Å². The fourth-order valence-corrected chi connectivity index (χ4v) is 5.67. The Hall–Kier alpha value is -2.26. The maximum atomic E-state index is 5.57. The van der Waals surface area contributed by atoms with Gasteiger partial charge in [-0.1, -0.05) is 30.3 Å². The number of hydrogen-bond acceptors (Lipinski definition) is 2. The minimum atomic E-state index is 0.205. The van der Waals surface area contributed by atoms with Crippen molar-refractivity contribution in [3.8, 4) is 5.75 Å². The van der Waals surface area contributed by atoms with Gasteiger partial charge in [0.15, 0.2) is 0 Å². The Kier molecular flexibility index (Phi) is 3.83. The Morgan fingerprint density at radius 2 is 1.93 bits per heavy atom. The van der Waals surface area contributed by atoms with Crippen LogP contribution in [0.25, 0.3) is 10.9 Å². The normalized spacial score (nSPS) is 25.2. The summed E-state index contributed by atoms with van der Waals surface area (Å²) < 4.78 is 8.01. The predicted molar refractivity (Wildman–Crippen MR) is 111 cm³/mol. The van der Waals surface area contributed by atoms with Crippen LogP contribution in [0.15, 0.2) is 48.5 Å². The van der Waals surface area contributed by atoms with Gasteiger partial charge in [-0.3, -0.25) is 0 Å². The average molecular weight is 361 g/mol. The number of para-hydroxylation sites is 1. The molecule has 0 N–H and O–H groups in total. The molecule has 0 radical (unpaired) electrons. The Balaban J connectivity index is 1.70. The number of piperidine rings is 1. The van der Waals surface area contributed by atoms with Gasteiger partial charge in [-0.2, -0.15) is 0 Å². The molecule has 1 aliphatic carbocycles. The molecule has 3 nitrogen and oxygen atoms in total. The van der Waals surface area contributed by atoms with Gasteiger partial charge in [-0.05, 0) is 68.1 Å². The van der Waals surface area contributed by atoms with E-state index in [4.69, 9.17) is 4.74 Å². The van der Waals surface area contributed by atoms with E-state index in [9.17, 15) is 0 Å². The summed E-state index contributed by atoms with van der Waals surface area (Å²) in [6, 6.07) is 17.7. The average Bonchev–Trinajstić information content (AvgIpc) is 2.98. The van der Waals surface area contributed by atoms with Gasteiger partial charge in [-0.15, -0.1) is 0 Å². The third-order valence-corrected chi connectivity index (χ3v) is 7.17. The number of aryl methyl sites for hydroxylation is 1. The van der Waals surface area contributed by atoms with Crippen molar-refractivity contribution in [2.24, 2.45) is 13.0 Å². The standard InChI is InChI=1S/C24H28N2O/c1-25-12-11-24(17-7-6-8-19(13-17)27-3)15-23-21(14-18(24)16-25)20-9-4-5-10-22(20)26(23)2/h4-10,13,18H,11-12,14-16H2,1-3H3. The molecular formula is C24H28N2O. The molecule has 0 amide bonds. The predicted octanol–water partition coefficient (Wildman–Crippen LogP) is 4.18. The Morgan fingerprint density at radius 3 is 2.78 bits per heavy atom. The molecule has 1 aromatic heterocycles. The fraction of sp³-hybridized carbons (Fsp3) is 0.417. The molecule has 0 saturated carbocycles. The molecule has 5 rings (SSSR count). The molecule has 2 aliphatic rings. The van der Waals surface area contributed by atoms with Crippen molar-refractivity contribution >= 4 is 10.9 Å². The van der Waals surface area contributed by atoms with Crippen LogP contribution in [-0.2, 0) is 25.3 Å². The summed E-state index contributed by atoms with van der Waals surface area (Å²) in [6.07, 6.45) is 3.50. The van der Waals surface area contributed by atoms with Crippen molar-refractivity contribution in [2.45, 2.75) is 24.7 Å². The summed E-state index contributed by atoms with van der Waals surface area (Å²) in [7, 11) is 6.29. The molecule has 27 heavy (non-hydrogen) atoms. The third kappa shape index (κ3) is 2.45. The van der Waals surface area contributed by atoms with Crippen LogP contribution in [0.1, 0.15) is 23.2 Å². The number of aromatic nitrogens is 1. The monoisotopic (exact) mass is 360 g/mol. The molecule has 0 spiro atoms. The zero-order chi connectivity index (χ0) is 18.6. The highest BCUT2D eigenvalue weighted by Gasteiger charge is 2.48. The van der Waals surface area contributed by atoms with E-state index >= 15 is 0 Å². The smallest absolute Gasteiger partial charge is 0.119 e. The number of hydrogen-bond donors (Lipinski definition) is 0. The lowest BCUT2D eigenvalue weighted by Crippen LogP contribution is -2.53. The Bertz CT molecular complexity index is 1000. The van der Waals surface area contributed by atoms with Gasteiger partial charge in [0.2, 0.25) is 0 Å². The number of methoxy groups -OCH3 is 1. The number of ether oxygens (including phenoxy) is 1. The lowest BCUT2D eigenvalue weighted by Gasteiger charge is -2.50. The molecule has 2 heterocycles. The number of nitrogens with zero attached hydrogens (tertiary/aromatic N) is 2. The van der Waals surface area contributed by atoms with Crippen LogP contribution in [0.2, 0.25) is 0 Å². The number of rotatable bonds is 2. The summed E-state index contributed by atoms with van der Waals surface area (Å²) in [5.41, 5.74) is 6.13. The van der Waals surface area contributed by atoms with E-state index in [1.807, 2.05) is 0 Å². The maximum absolute atomic E-state index is 5.57. The van der Waals surface area contributed by atoms with Crippen LogP contribution in [0, 0.1) is 5.92 Å². The third-order valence-electron chi connectivity index (χ3n) is 7.17. The van der Waals surface area contributed by atoms with Crippen LogP contribution in [0.3, 0.4) is 0 Å². The number of likely N-dealkylation sites (tertiary alicyclic amines) is 1. The molecule has 1 saturated heterocycles. The lowest BCUT2D eigenvalue weighted by molar-refractivity contribution is 0.0985. The minimum absolute atomic E-state index is 0.205. The molecule has 0 bridgehead atoms. The van der Waals surface area contributed by atoms with Gasteiger partial charge < -0.3 is 14.2 Å². The molecule has 2 aromatic carbocycles. The fourth-order valence-electron chi connectivity index (χ4n) is 5.67. The highest BCUT2D eigenvalue weighted by molar-refractivity contribution is 5.86. The first-order valence-electron chi connectivity index (χ1n) is 10.0. The first-order valence-corrected chi connectivity index (χ1v) is 10.0. The first-order chi connectivity index (χ1) is 13.1. The zero-order valence-electron chi connectivity index (χ0n) is 16.5. The SMILES string of the molecule is COc1cccc(C23CCN(C)CC2Cc2c(n(C)c4ccccc24)C3)c1. The molecule has 1 aliphatic heterocycles. The zero-order valence-corrected chi connectivity index (χ0v) is 16.5. The second-order valence-electron chi connectivity index (χ2n) is 8.48. The van der Waals surface area contributed by atoms with Gasteiger partial charge in [0.25, 0.3) is 0 Å². The molecule has 140 valence electrons. The van der Waals surface area contributed by atoms with E-state index in [-0.39, 0.29) is 5.41 Å². The van der Waals surface area contributed by atoms with Crippen molar-refractivity contribution in [3.05, 3.63) is 65.4 Å². The highest BCUT2D eigenvalue weighted by atomic mass is 16.5. The maximum Gasteiger partial charge on any atom is 0.119 e. The van der Waals surface area contributed by atoms with Crippen LogP contribution < -0.4 is 4.74 Å². The minimum Gasteiger partial charge on any atom is -0.497 e. The molecule has 2 unspecified atom stereocenters. The second-order valence-corrected chi connectivity index (χ2v) is 8.48. The van der Waals surface area contributed by atoms with Crippen LogP contribution >= 0.6 is 0 Å². The van der Waals surface area contributed by atoms with E-state index in [0.29, 0.717) is 5.92 Å². The van der Waals surface area contributed by atoms with Crippen molar-refractivity contribution in [1.29, 1.82) is 0 Å². The molecular weight excluding hydrogens is 332 g/mol. The van der Waals surface area contributed by atoms with E-state index in [1.54, 1.807) is 12.7 Å². The van der Waals surface area contributed by atoms with Gasteiger partial charge in [0, 0.05) is 35.6 Å². The molecule has 3 aromatic rings. The van der Waals surface area contributed by atoms with Crippen LogP contribution in [-0.4, -0.2) is 36.7 Å². The van der Waals surface area contributed by atoms with E-state index in [2.05, 4.69) is 72.1 Å². The Morgan fingerprint density at radius 1 is 1.07 bits per heavy atom. The van der Waals surface area contributed by atoms with Gasteiger partial charge in [0.05, 0.1) is 7.11 Å². The molecule has 1 fully saturated rings. The first kappa shape index (κ1) is 16.9. The lowest BCUT2D eigenvalue weighted by atomic mass is 9.59. The largest absolute Gasteiger partial charge is 0.497 e. The van der Waals surface area contributed by atoms with Gasteiger partial charge in [-0.25, -0.2) is 0 Å². The summed E-state index contributed by atoms with van der Waals surface area (Å²) in [5.74, 6) is 1.61. The molecule has 2 atom stereocenters. The topological polar surface area (TPSA) is 17.4 Å². The van der Waals surface area contributed by atoms with Crippen molar-refractivity contribution in [2.75, 3.05) is 27.2 Å². The number of benzene rings is 2. The van der Waals surface area contributed by atoms with E-state index in [1.165, 1.54) is 35.1 Å². The quantitative estimate of drug-likeness (QED) is 0.682. The van der Waals surface area contributed by atoms with Crippen LogP contribution in [0.4, 0.5) is 0 Å². The summed E-state index contributed by atoms with van der Waals surface area (Å²) in [4.78, 5) is 2.51. The van der Waals surface area contributed by atoms with E-state index in [0.717, 1.165) is 25.1 Å².